The number of ether oxygens (including phenoxy) is 5. The Morgan fingerprint density at radius 1 is 0.368 bits per heavy atom. The molecule has 0 unspecified atom stereocenters. The number of hydrogen-bond acceptors (Lipinski definition) is 25. The summed E-state index contributed by atoms with van der Waals surface area (Å²) in [4.78, 5) is 140. The molecule has 31 heteroatoms. The van der Waals surface area contributed by atoms with Crippen molar-refractivity contribution in [3.8, 4) is 11.5 Å². The number of anilines is 2. The van der Waals surface area contributed by atoms with E-state index in [0.29, 0.717) is 48.0 Å². The average molecular weight is 1660 g/mol. The predicted octanol–water partition coefficient (Wildman–Crippen LogP) is 13.3. The van der Waals surface area contributed by atoms with Crippen molar-refractivity contribution in [3.05, 3.63) is 259 Å². The molecule has 618 valence electrons. The molecule has 114 heavy (non-hydrogen) atoms. The zero-order chi connectivity index (χ0) is 87.3. The summed E-state index contributed by atoms with van der Waals surface area (Å²) in [6.45, 7) is 15.1. The summed E-state index contributed by atoms with van der Waals surface area (Å²) in [5, 5.41) is 10.4. The van der Waals surface area contributed by atoms with Crippen molar-refractivity contribution in [3.63, 3.8) is 0 Å². The summed E-state index contributed by atoms with van der Waals surface area (Å²) in [5.41, 5.74) is 3.45. The summed E-state index contributed by atoms with van der Waals surface area (Å²) in [6.07, 6.45) is 1.43. The van der Waals surface area contributed by atoms with Crippen molar-refractivity contribution in [2.75, 3.05) is 87.5 Å². The number of para-hydroxylation sites is 4. The molecule has 0 aliphatic heterocycles. The van der Waals surface area contributed by atoms with E-state index in [1.54, 1.807) is 105 Å². The minimum atomic E-state index is -3.67. The lowest BCUT2D eigenvalue weighted by Crippen LogP contribution is -2.23. The van der Waals surface area contributed by atoms with Crippen LogP contribution in [0.15, 0.2) is 248 Å². The number of likely N-dealkylation sites (N-methyl/N-ethyl adjacent to an activating group) is 1. The van der Waals surface area contributed by atoms with Crippen LogP contribution >= 0.6 is 23.4 Å². The number of carboxylic acid groups (broad SMARTS) is 1. The van der Waals surface area contributed by atoms with Crippen LogP contribution in [0.1, 0.15) is 100 Å². The van der Waals surface area contributed by atoms with Crippen molar-refractivity contribution < 1.29 is 117 Å². The molecule has 8 aromatic carbocycles. The lowest BCUT2D eigenvalue weighted by atomic mass is 10.2. The van der Waals surface area contributed by atoms with Gasteiger partial charge in [-0.25, -0.2) is 14.4 Å². The first-order valence-electron chi connectivity index (χ1n) is 33.8. The lowest BCUT2D eigenvalue weighted by molar-refractivity contribution is -0.134. The number of esters is 3. The summed E-state index contributed by atoms with van der Waals surface area (Å²) < 4.78 is 76.1. The minimum Gasteiger partial charge on any atom is -0.486 e. The molecular weight excluding hydrogens is 1560 g/mol. The first-order chi connectivity index (χ1) is 53.4. The fourth-order valence-electron chi connectivity index (χ4n) is 6.47. The number of nitrogens with one attached hydrogen (secondary N) is 1. The molecule has 0 aliphatic carbocycles. The van der Waals surface area contributed by atoms with E-state index in [4.69, 9.17) is 54.3 Å². The largest absolute Gasteiger partial charge is 0.486 e. The van der Waals surface area contributed by atoms with E-state index >= 15 is 0 Å². The second kappa shape index (κ2) is 68.2. The van der Waals surface area contributed by atoms with Gasteiger partial charge in [0.25, 0.3) is 26.2 Å². The number of carboxylic acids is 1. The molecular formula is C83H101ClN2O25S3. The molecule has 27 nitrogen and oxygen atoms in total. The third-order valence-electron chi connectivity index (χ3n) is 11.0. The van der Waals surface area contributed by atoms with E-state index in [0.717, 1.165) is 34.7 Å². The number of ketones is 9. The first-order valence-corrected chi connectivity index (χ1v) is 39.0. The number of carbonyl (C=O) groups excluding carboxylic acids is 12. The molecule has 0 atom stereocenters. The molecule has 0 radical (unpaired) electrons. The Kier molecular flexibility index (Phi) is 65.0. The van der Waals surface area contributed by atoms with Crippen molar-refractivity contribution in [1.29, 1.82) is 0 Å². The number of nitrogens with zero attached hydrogens (tertiary/aromatic N) is 1. The number of Topliss-reactive ketones (excluding diaryl/α,β-unsaturated/α-hetero) is 9. The Hall–Kier alpha value is -11.7. The molecule has 0 saturated carbocycles. The Morgan fingerprint density at radius 2 is 0.614 bits per heavy atom. The fourth-order valence-corrected chi connectivity index (χ4v) is 7.19. The number of thioether (sulfide) groups is 1. The quantitative estimate of drug-likeness (QED) is 0.0136. The van der Waals surface area contributed by atoms with Crippen molar-refractivity contribution >= 4 is 131 Å². The van der Waals surface area contributed by atoms with Crippen LogP contribution in [-0.2, 0) is 82.4 Å². The van der Waals surface area contributed by atoms with Gasteiger partial charge in [0.15, 0.2) is 28.9 Å². The van der Waals surface area contributed by atoms with Gasteiger partial charge in [-0.2, -0.15) is 16.8 Å². The highest BCUT2D eigenvalue weighted by Gasteiger charge is 2.09. The number of carbonyl (C=O) groups is 13. The van der Waals surface area contributed by atoms with E-state index in [-0.39, 0.29) is 91.0 Å². The monoisotopic (exact) mass is 1660 g/mol. The van der Waals surface area contributed by atoms with Crippen LogP contribution in [0.25, 0.3) is 0 Å². The van der Waals surface area contributed by atoms with Gasteiger partial charge in [-0.15, -0.1) is 23.4 Å². The molecule has 0 aliphatic rings. The summed E-state index contributed by atoms with van der Waals surface area (Å²) in [7, 11) is -5.42. The molecule has 0 aromatic heterocycles. The summed E-state index contributed by atoms with van der Waals surface area (Å²) >= 11 is 6.57. The van der Waals surface area contributed by atoms with Crippen LogP contribution in [0.5, 0.6) is 11.5 Å². The van der Waals surface area contributed by atoms with Gasteiger partial charge in [0.1, 0.15) is 67.7 Å². The molecule has 0 fully saturated rings. The molecule has 0 heterocycles. The van der Waals surface area contributed by atoms with Gasteiger partial charge in [-0.1, -0.05) is 146 Å². The molecule has 8 aromatic rings. The van der Waals surface area contributed by atoms with Crippen LogP contribution in [0.3, 0.4) is 0 Å². The first kappa shape index (κ1) is 109. The number of hydrogen-bond donors (Lipinski definition) is 4. The predicted molar refractivity (Wildman–Crippen MR) is 441 cm³/mol. The van der Waals surface area contributed by atoms with E-state index in [2.05, 4.69) is 5.32 Å². The maximum Gasteiger partial charge on any atom is 0.338 e. The van der Waals surface area contributed by atoms with Crippen LogP contribution in [0, 0.1) is 0 Å². The third-order valence-corrected chi connectivity index (χ3v) is 12.5. The van der Waals surface area contributed by atoms with E-state index < -0.39 is 44.1 Å². The molecule has 0 spiro atoms. The Bertz CT molecular complexity index is 3870. The van der Waals surface area contributed by atoms with E-state index in [1.165, 1.54) is 41.5 Å². The van der Waals surface area contributed by atoms with E-state index in [1.807, 2.05) is 182 Å². The smallest absolute Gasteiger partial charge is 0.338 e. The maximum absolute atomic E-state index is 11.2. The van der Waals surface area contributed by atoms with Gasteiger partial charge in [0.2, 0.25) is 0 Å². The second-order valence-corrected chi connectivity index (χ2v) is 27.2. The van der Waals surface area contributed by atoms with Gasteiger partial charge in [0, 0.05) is 30.2 Å². The zero-order valence-corrected chi connectivity index (χ0v) is 69.0. The van der Waals surface area contributed by atoms with Gasteiger partial charge < -0.3 is 39.0 Å². The standard InChI is InChI=1S/C10H13NO.3C10H10O3.C9H11NO.2C9H10O2.C9H10OS.C3H5ClO.C2H4O2.2CH4O3S/c1-9(12)8-11(2)10-6-4-3-5-7-10;3*1-8(11)7-13-10(12)9-5-3-2-4-6-9;1-8(11)7-10-9-5-3-2-4-6-9;3*1-8(10)7-11-9-5-3-2-4-6-9;1-3(5)2-4;1-2(3)4;2*1-5(2,3)4/h3-7H,8H2,1-2H3;3*2-6H,7H2,1H3;2-6,10H,7H2,1H3;3*2-6H,7H2,1H3;2H2,1H3;1H3,(H,3,4);2*1H3,(H,2,3,4). The number of halogens is 1. The normalized spacial score (nSPS) is 9.33. The van der Waals surface area contributed by atoms with Crippen LogP contribution in [0.4, 0.5) is 11.4 Å². The molecule has 8 rings (SSSR count). The van der Waals surface area contributed by atoms with Crippen molar-refractivity contribution in [1.82, 2.24) is 0 Å². The highest BCUT2D eigenvalue weighted by Crippen LogP contribution is 2.17. The van der Waals surface area contributed by atoms with Crippen LogP contribution in [0.2, 0.25) is 0 Å². The topological polar surface area (TPSA) is 412 Å². The molecule has 0 saturated heterocycles. The lowest BCUT2D eigenvalue weighted by Gasteiger charge is -2.16. The second-order valence-electron chi connectivity index (χ2n) is 23.0. The van der Waals surface area contributed by atoms with E-state index in [9.17, 15) is 74.4 Å². The van der Waals surface area contributed by atoms with Crippen molar-refractivity contribution in [2.24, 2.45) is 0 Å². The molecule has 4 N–H and O–H groups in total. The van der Waals surface area contributed by atoms with Gasteiger partial charge in [-0.3, -0.25) is 57.1 Å². The summed E-state index contributed by atoms with van der Waals surface area (Å²) in [6, 6.07) is 73.8. The highest BCUT2D eigenvalue weighted by atomic mass is 35.5. The number of benzene rings is 8. The minimum absolute atomic E-state index is 0.0201. The maximum atomic E-state index is 11.2. The number of aliphatic carboxylic acids is 1. The zero-order valence-electron chi connectivity index (χ0n) is 65.8. The molecule has 0 bridgehead atoms. The Morgan fingerprint density at radius 3 is 0.851 bits per heavy atom. The van der Waals surface area contributed by atoms with Crippen molar-refractivity contribution in [2.45, 2.75) is 74.1 Å². The highest BCUT2D eigenvalue weighted by molar-refractivity contribution is 8.00. The third kappa shape index (κ3) is 82.8. The SMILES string of the molecule is CC(=O)CCl.CC(=O)CN(C)c1ccccc1.CC(=O)CNc1ccccc1.CC(=O)COC(=O)c1ccccc1.CC(=O)COC(=O)c1ccccc1.CC(=O)COC(=O)c1ccccc1.CC(=O)COc1ccccc1.CC(=O)COc1ccccc1.CC(=O)CSc1ccccc1.CC(=O)O.CS(=O)(=O)O.CS(=O)(=O)O. The summed E-state index contributed by atoms with van der Waals surface area (Å²) in [5.74, 6) is 0.123. The fraction of sp³-hybridized carbons (Fsp3) is 0.265. The number of alkyl halides is 1. The van der Waals surface area contributed by atoms with Gasteiger partial charge in [-0.05, 0) is 159 Å². The van der Waals surface area contributed by atoms with Gasteiger partial charge >= 0.3 is 17.9 Å². The Labute approximate surface area is 676 Å². The Balaban J connectivity index is -0.000000588. The van der Waals surface area contributed by atoms with Crippen LogP contribution in [-0.4, -0.2) is 184 Å². The van der Waals surface area contributed by atoms with Gasteiger partial charge in [0.05, 0.1) is 53.9 Å². The number of rotatable bonds is 25. The molecule has 0 amide bonds. The van der Waals surface area contributed by atoms with Crippen LogP contribution < -0.4 is 19.7 Å². The average Bonchev–Trinajstić information content (AvgIpc) is 0.958.